The van der Waals surface area contributed by atoms with Crippen LogP contribution in [0.1, 0.15) is 44.6 Å². The van der Waals surface area contributed by atoms with Gasteiger partial charge in [0, 0.05) is 12.2 Å². The van der Waals surface area contributed by atoms with Gasteiger partial charge in [-0.1, -0.05) is 45.2 Å². The average molecular weight is 261 g/mol. The molecule has 0 heterocycles. The molecule has 19 heavy (non-hydrogen) atoms. The quantitative estimate of drug-likeness (QED) is 0.678. The number of amides is 2. The largest absolute Gasteiger partial charge is 0.338 e. The van der Waals surface area contributed by atoms with E-state index in [2.05, 4.69) is 24.5 Å². The molecule has 1 aromatic carbocycles. The number of anilines is 1. The van der Waals surface area contributed by atoms with E-state index < -0.39 is 0 Å². The molecule has 0 fully saturated rings. The van der Waals surface area contributed by atoms with Gasteiger partial charge < -0.3 is 10.6 Å². The molecule has 0 aliphatic carbocycles. The van der Waals surface area contributed by atoms with Crippen LogP contribution in [0.15, 0.2) is 24.3 Å². The lowest BCUT2D eigenvalue weighted by molar-refractivity contribution is 0.252. The maximum Gasteiger partial charge on any atom is 0.319 e. The molecule has 0 unspecified atom stereocenters. The van der Waals surface area contributed by atoms with Crippen molar-refractivity contribution in [3.05, 3.63) is 36.8 Å². The third kappa shape index (κ3) is 6.85. The molecule has 0 saturated carbocycles. The van der Waals surface area contributed by atoms with Crippen molar-refractivity contribution < 1.29 is 4.79 Å². The average Bonchev–Trinajstić information content (AvgIpc) is 2.41. The minimum absolute atomic E-state index is 0.124. The summed E-state index contributed by atoms with van der Waals surface area (Å²) in [7, 11) is 0. The monoisotopic (exact) mass is 261 g/mol. The van der Waals surface area contributed by atoms with E-state index in [1.165, 1.54) is 24.8 Å². The molecular weight excluding hydrogens is 236 g/mol. The summed E-state index contributed by atoms with van der Waals surface area (Å²) in [6, 6.07) is 7.80. The van der Waals surface area contributed by atoms with Crippen molar-refractivity contribution in [3.63, 3.8) is 0 Å². The fraction of sp³-hybridized carbons (Fsp3) is 0.500. The third-order valence-electron chi connectivity index (χ3n) is 2.99. The summed E-state index contributed by atoms with van der Waals surface area (Å²) in [5, 5.41) is 5.71. The Morgan fingerprint density at radius 3 is 2.53 bits per heavy atom. The number of hydrogen-bond acceptors (Lipinski definition) is 1. The lowest BCUT2D eigenvalue weighted by Crippen LogP contribution is -2.29. The Morgan fingerprint density at radius 2 is 1.89 bits per heavy atom. The highest BCUT2D eigenvalue weighted by molar-refractivity contribution is 5.89. The molecule has 2 amide bonds. The van der Waals surface area contributed by atoms with Crippen LogP contribution in [0.4, 0.5) is 10.5 Å². The van der Waals surface area contributed by atoms with E-state index in [-0.39, 0.29) is 6.03 Å². The zero-order valence-electron chi connectivity index (χ0n) is 11.9. The van der Waals surface area contributed by atoms with Gasteiger partial charge in [-0.3, -0.25) is 0 Å². The fourth-order valence-electron chi connectivity index (χ4n) is 1.89. The Bertz CT molecular complexity index is 360. The molecule has 0 aromatic heterocycles. The molecule has 0 spiro atoms. The number of unbranched alkanes of at least 4 members (excludes halogenated alkanes) is 3. The molecule has 105 valence electrons. The predicted molar refractivity (Wildman–Crippen MR) is 81.3 cm³/mol. The zero-order chi connectivity index (χ0) is 13.9. The third-order valence-corrected chi connectivity index (χ3v) is 2.99. The first-order valence-electron chi connectivity index (χ1n) is 7.19. The van der Waals surface area contributed by atoms with E-state index in [9.17, 15) is 4.79 Å². The molecule has 1 aromatic rings. The summed E-state index contributed by atoms with van der Waals surface area (Å²) in [6.07, 6.45) is 6.54. The van der Waals surface area contributed by atoms with E-state index in [0.29, 0.717) is 0 Å². The number of rotatable bonds is 8. The molecule has 3 nitrogen and oxygen atoms in total. The second-order valence-corrected chi connectivity index (χ2v) is 4.74. The van der Waals surface area contributed by atoms with Crippen molar-refractivity contribution in [2.75, 3.05) is 11.9 Å². The van der Waals surface area contributed by atoms with Crippen molar-refractivity contribution in [2.24, 2.45) is 0 Å². The lowest BCUT2D eigenvalue weighted by Gasteiger charge is -2.08. The van der Waals surface area contributed by atoms with Crippen LogP contribution >= 0.6 is 0 Å². The van der Waals surface area contributed by atoms with Crippen molar-refractivity contribution >= 4 is 11.7 Å². The van der Waals surface area contributed by atoms with Crippen LogP contribution < -0.4 is 10.6 Å². The number of benzene rings is 1. The highest BCUT2D eigenvalue weighted by Gasteiger charge is 2.00. The van der Waals surface area contributed by atoms with Gasteiger partial charge in [-0.15, -0.1) is 0 Å². The minimum Gasteiger partial charge on any atom is -0.338 e. The second-order valence-electron chi connectivity index (χ2n) is 4.74. The first kappa shape index (κ1) is 15.5. The van der Waals surface area contributed by atoms with Gasteiger partial charge in [0.05, 0.1) is 0 Å². The summed E-state index contributed by atoms with van der Waals surface area (Å²) in [5.41, 5.74) is 2.08. The summed E-state index contributed by atoms with van der Waals surface area (Å²) < 4.78 is 0. The smallest absolute Gasteiger partial charge is 0.319 e. The van der Waals surface area contributed by atoms with Crippen LogP contribution in [0.3, 0.4) is 0 Å². The van der Waals surface area contributed by atoms with Crippen LogP contribution in [-0.2, 0) is 6.42 Å². The van der Waals surface area contributed by atoms with E-state index >= 15 is 0 Å². The van der Waals surface area contributed by atoms with Crippen molar-refractivity contribution in [1.29, 1.82) is 0 Å². The number of urea groups is 1. The number of carbonyl (C=O) groups is 1. The fourth-order valence-corrected chi connectivity index (χ4v) is 1.89. The second kappa shape index (κ2) is 9.42. The van der Waals surface area contributed by atoms with E-state index in [1.54, 1.807) is 0 Å². The van der Waals surface area contributed by atoms with Crippen molar-refractivity contribution in [2.45, 2.75) is 45.4 Å². The lowest BCUT2D eigenvalue weighted by atomic mass is 10.1. The van der Waals surface area contributed by atoms with E-state index in [0.717, 1.165) is 31.5 Å². The predicted octanol–water partition coefficient (Wildman–Crippen LogP) is 4.16. The Morgan fingerprint density at radius 1 is 1.16 bits per heavy atom. The molecule has 0 aliphatic rings. The number of nitrogens with one attached hydrogen (secondary N) is 2. The first-order chi connectivity index (χ1) is 9.26. The van der Waals surface area contributed by atoms with Crippen LogP contribution in [-0.4, -0.2) is 12.6 Å². The van der Waals surface area contributed by atoms with Crippen LogP contribution in [0.25, 0.3) is 0 Å². The Hall–Kier alpha value is -1.51. The summed E-state index contributed by atoms with van der Waals surface area (Å²) in [5.74, 6) is 0. The maximum atomic E-state index is 11.6. The summed E-state index contributed by atoms with van der Waals surface area (Å²) >= 11 is 0. The Kier molecular flexibility index (Phi) is 7.71. The maximum absolute atomic E-state index is 11.6. The number of carbonyl (C=O) groups excluding carboxylic acids is 1. The van der Waals surface area contributed by atoms with E-state index in [4.69, 9.17) is 0 Å². The van der Waals surface area contributed by atoms with Gasteiger partial charge in [-0.25, -0.2) is 4.79 Å². The zero-order valence-corrected chi connectivity index (χ0v) is 11.9. The van der Waals surface area contributed by atoms with Gasteiger partial charge in [0.1, 0.15) is 0 Å². The number of hydrogen-bond donors (Lipinski definition) is 2. The molecule has 0 aliphatic heterocycles. The minimum atomic E-state index is -0.124. The molecule has 0 bridgehead atoms. The topological polar surface area (TPSA) is 41.1 Å². The standard InChI is InChI=1S/C16H25N2O/c1-3-5-6-7-13-17-16(19)18-15-11-9-14(8-4-2)10-12-15/h9-12H,2-8,13H2,1H3,(H2,17,18,19). The molecule has 3 heteroatoms. The van der Waals surface area contributed by atoms with Gasteiger partial charge in [-0.2, -0.15) is 0 Å². The van der Waals surface area contributed by atoms with Gasteiger partial charge in [-0.05, 0) is 37.0 Å². The van der Waals surface area contributed by atoms with Crippen molar-refractivity contribution in [3.8, 4) is 0 Å². The first-order valence-corrected chi connectivity index (χ1v) is 7.19. The molecular formula is C16H25N2O. The highest BCUT2D eigenvalue weighted by Crippen LogP contribution is 2.10. The van der Waals surface area contributed by atoms with Gasteiger partial charge in [0.15, 0.2) is 0 Å². The Labute approximate surface area is 116 Å². The van der Waals surface area contributed by atoms with Crippen LogP contribution in [0, 0.1) is 6.92 Å². The highest BCUT2D eigenvalue weighted by atomic mass is 16.2. The summed E-state index contributed by atoms with van der Waals surface area (Å²) in [6.45, 7) is 6.75. The van der Waals surface area contributed by atoms with Gasteiger partial charge in [0.2, 0.25) is 0 Å². The number of aryl methyl sites for hydroxylation is 1. The SMILES string of the molecule is [CH2]CCc1ccc(NC(=O)NCCCCCC)cc1. The van der Waals surface area contributed by atoms with Gasteiger partial charge >= 0.3 is 6.03 Å². The van der Waals surface area contributed by atoms with Crippen molar-refractivity contribution in [1.82, 2.24) is 5.32 Å². The molecule has 0 saturated heterocycles. The molecule has 1 radical (unpaired) electrons. The molecule has 1 rings (SSSR count). The summed E-state index contributed by atoms with van der Waals surface area (Å²) in [4.78, 5) is 11.6. The van der Waals surface area contributed by atoms with E-state index in [1.807, 2.05) is 24.3 Å². The van der Waals surface area contributed by atoms with Crippen LogP contribution in [0.5, 0.6) is 0 Å². The molecule has 0 atom stereocenters. The van der Waals surface area contributed by atoms with Gasteiger partial charge in [0.25, 0.3) is 0 Å². The normalized spacial score (nSPS) is 10.2. The molecule has 2 N–H and O–H groups in total. The van der Waals surface area contributed by atoms with Crippen LogP contribution in [0.2, 0.25) is 0 Å². The Balaban J connectivity index is 2.24.